The molecule has 0 unspecified atom stereocenters. The number of hydrogen-bond acceptors (Lipinski definition) is 1. The fourth-order valence-electron chi connectivity index (χ4n) is 1.97. The van der Waals surface area contributed by atoms with E-state index in [1.54, 1.807) is 6.07 Å². The van der Waals surface area contributed by atoms with Crippen LogP contribution in [0.3, 0.4) is 0 Å². The lowest BCUT2D eigenvalue weighted by atomic mass is 10.00. The topological polar surface area (TPSA) is 26.0 Å². The number of para-hydroxylation sites is 1. The molecule has 88 valence electrons. The maximum Gasteiger partial charge on any atom is 0.146 e. The third-order valence-electron chi connectivity index (χ3n) is 2.83. The van der Waals surface area contributed by atoms with E-state index < -0.39 is 0 Å². The van der Waals surface area contributed by atoms with Crippen LogP contribution in [0.2, 0.25) is 0 Å². The van der Waals surface area contributed by atoms with Crippen LogP contribution in [0.15, 0.2) is 42.5 Å². The molecule has 17 heavy (non-hydrogen) atoms. The standard InChI is InChI=1S/C15H16FN/c1-2-5-11-6-3-7-12(10-11)13-8-4-9-14(16)15(13)17/h3-4,6-10H,2,5,17H2,1H3. The van der Waals surface area contributed by atoms with Gasteiger partial charge in [-0.25, -0.2) is 4.39 Å². The average Bonchev–Trinajstić information content (AvgIpc) is 2.33. The van der Waals surface area contributed by atoms with Crippen molar-refractivity contribution in [1.29, 1.82) is 0 Å². The number of nitrogen functional groups attached to an aromatic ring is 1. The monoisotopic (exact) mass is 229 g/mol. The van der Waals surface area contributed by atoms with Crippen LogP contribution in [0.4, 0.5) is 10.1 Å². The third-order valence-corrected chi connectivity index (χ3v) is 2.83. The molecular weight excluding hydrogens is 213 g/mol. The van der Waals surface area contributed by atoms with Crippen molar-refractivity contribution in [3.05, 3.63) is 53.8 Å². The Hall–Kier alpha value is -1.83. The SMILES string of the molecule is CCCc1cccc(-c2cccc(F)c2N)c1. The third kappa shape index (κ3) is 2.47. The van der Waals surface area contributed by atoms with Crippen LogP contribution in [0.5, 0.6) is 0 Å². The van der Waals surface area contributed by atoms with Crippen molar-refractivity contribution in [3.63, 3.8) is 0 Å². The number of benzene rings is 2. The van der Waals surface area contributed by atoms with Crippen molar-refractivity contribution in [2.45, 2.75) is 19.8 Å². The Bertz CT molecular complexity index is 520. The zero-order chi connectivity index (χ0) is 12.3. The molecule has 0 atom stereocenters. The number of hydrogen-bond donors (Lipinski definition) is 1. The van der Waals surface area contributed by atoms with E-state index in [-0.39, 0.29) is 11.5 Å². The van der Waals surface area contributed by atoms with Gasteiger partial charge in [0.05, 0.1) is 5.69 Å². The molecule has 0 spiro atoms. The molecule has 0 amide bonds. The molecule has 0 saturated carbocycles. The van der Waals surface area contributed by atoms with Gasteiger partial charge in [-0.2, -0.15) is 0 Å². The first-order chi connectivity index (χ1) is 8.22. The van der Waals surface area contributed by atoms with E-state index >= 15 is 0 Å². The van der Waals surface area contributed by atoms with Gasteiger partial charge in [-0.05, 0) is 23.6 Å². The smallest absolute Gasteiger partial charge is 0.146 e. The van der Waals surface area contributed by atoms with Crippen molar-refractivity contribution in [2.24, 2.45) is 0 Å². The summed E-state index contributed by atoms with van der Waals surface area (Å²) in [5.41, 5.74) is 8.99. The second-order valence-corrected chi connectivity index (χ2v) is 4.15. The normalized spacial score (nSPS) is 10.5. The summed E-state index contributed by atoms with van der Waals surface area (Å²) in [6.07, 6.45) is 2.13. The van der Waals surface area contributed by atoms with Gasteiger partial charge in [0.25, 0.3) is 0 Å². The summed E-state index contributed by atoms with van der Waals surface area (Å²) < 4.78 is 13.4. The van der Waals surface area contributed by atoms with Gasteiger partial charge in [-0.15, -0.1) is 0 Å². The van der Waals surface area contributed by atoms with Crippen LogP contribution < -0.4 is 5.73 Å². The summed E-state index contributed by atoms with van der Waals surface area (Å²) in [5, 5.41) is 0. The minimum atomic E-state index is -0.358. The second-order valence-electron chi connectivity index (χ2n) is 4.15. The molecule has 2 aromatic carbocycles. The van der Waals surface area contributed by atoms with Crippen LogP contribution in [0.25, 0.3) is 11.1 Å². The first-order valence-electron chi connectivity index (χ1n) is 5.85. The van der Waals surface area contributed by atoms with E-state index in [0.29, 0.717) is 0 Å². The maximum absolute atomic E-state index is 13.4. The summed E-state index contributed by atoms with van der Waals surface area (Å²) in [6, 6.07) is 13.0. The van der Waals surface area contributed by atoms with Crippen LogP contribution in [-0.2, 0) is 6.42 Å². The van der Waals surface area contributed by atoms with Crippen molar-refractivity contribution >= 4 is 5.69 Å². The van der Waals surface area contributed by atoms with Crippen molar-refractivity contribution in [3.8, 4) is 11.1 Å². The largest absolute Gasteiger partial charge is 0.396 e. The zero-order valence-corrected chi connectivity index (χ0v) is 9.91. The summed E-state index contributed by atoms with van der Waals surface area (Å²) in [7, 11) is 0. The highest BCUT2D eigenvalue weighted by atomic mass is 19.1. The number of nitrogens with two attached hydrogens (primary N) is 1. The lowest BCUT2D eigenvalue weighted by Gasteiger charge is -2.08. The van der Waals surface area contributed by atoms with Gasteiger partial charge in [0.1, 0.15) is 5.82 Å². The molecule has 0 heterocycles. The predicted octanol–water partition coefficient (Wildman–Crippen LogP) is 4.03. The number of anilines is 1. The zero-order valence-electron chi connectivity index (χ0n) is 9.91. The van der Waals surface area contributed by atoms with Gasteiger partial charge < -0.3 is 5.73 Å². The maximum atomic E-state index is 13.4. The Morgan fingerprint density at radius 1 is 1.12 bits per heavy atom. The predicted molar refractivity (Wildman–Crippen MR) is 70.2 cm³/mol. The van der Waals surface area contributed by atoms with Crippen LogP contribution in [0.1, 0.15) is 18.9 Å². The lowest BCUT2D eigenvalue weighted by Crippen LogP contribution is -1.94. The summed E-state index contributed by atoms with van der Waals surface area (Å²) in [4.78, 5) is 0. The van der Waals surface area contributed by atoms with E-state index in [2.05, 4.69) is 19.1 Å². The van der Waals surface area contributed by atoms with Gasteiger partial charge >= 0.3 is 0 Å². The van der Waals surface area contributed by atoms with E-state index in [1.807, 2.05) is 18.2 Å². The molecule has 2 heteroatoms. The molecular formula is C15H16FN. The summed E-state index contributed by atoms with van der Waals surface area (Å²) >= 11 is 0. The van der Waals surface area contributed by atoms with Gasteiger partial charge in [-0.1, -0.05) is 49.7 Å². The summed E-state index contributed by atoms with van der Waals surface area (Å²) in [5.74, 6) is -0.358. The highest BCUT2D eigenvalue weighted by Crippen LogP contribution is 2.28. The van der Waals surface area contributed by atoms with Crippen molar-refractivity contribution in [2.75, 3.05) is 5.73 Å². The first-order valence-corrected chi connectivity index (χ1v) is 5.85. The van der Waals surface area contributed by atoms with E-state index in [0.717, 1.165) is 24.0 Å². The Morgan fingerprint density at radius 3 is 2.65 bits per heavy atom. The highest BCUT2D eigenvalue weighted by Gasteiger charge is 2.06. The highest BCUT2D eigenvalue weighted by molar-refractivity contribution is 5.76. The minimum absolute atomic E-state index is 0.223. The fourth-order valence-corrected chi connectivity index (χ4v) is 1.97. The fraction of sp³-hybridized carbons (Fsp3) is 0.200. The van der Waals surface area contributed by atoms with E-state index in [1.165, 1.54) is 11.6 Å². The molecule has 2 aromatic rings. The quantitative estimate of drug-likeness (QED) is 0.790. The summed E-state index contributed by atoms with van der Waals surface area (Å²) in [6.45, 7) is 2.14. The average molecular weight is 229 g/mol. The molecule has 0 radical (unpaired) electrons. The van der Waals surface area contributed by atoms with Gasteiger partial charge in [0, 0.05) is 5.56 Å². The lowest BCUT2D eigenvalue weighted by molar-refractivity contribution is 0.633. The molecule has 0 aliphatic rings. The Labute approximate surface area is 101 Å². The molecule has 0 bridgehead atoms. The molecule has 0 aliphatic heterocycles. The van der Waals surface area contributed by atoms with Crippen LogP contribution in [-0.4, -0.2) is 0 Å². The number of rotatable bonds is 3. The number of halogens is 1. The molecule has 1 nitrogen and oxygen atoms in total. The Balaban J connectivity index is 2.45. The van der Waals surface area contributed by atoms with Gasteiger partial charge in [-0.3, -0.25) is 0 Å². The van der Waals surface area contributed by atoms with Crippen LogP contribution >= 0.6 is 0 Å². The molecule has 0 aliphatic carbocycles. The van der Waals surface area contributed by atoms with Crippen molar-refractivity contribution in [1.82, 2.24) is 0 Å². The van der Waals surface area contributed by atoms with Crippen molar-refractivity contribution < 1.29 is 4.39 Å². The molecule has 0 saturated heterocycles. The van der Waals surface area contributed by atoms with Gasteiger partial charge in [0.2, 0.25) is 0 Å². The molecule has 0 aromatic heterocycles. The molecule has 2 rings (SSSR count). The molecule has 2 N–H and O–H groups in total. The second kappa shape index (κ2) is 5.00. The minimum Gasteiger partial charge on any atom is -0.396 e. The van der Waals surface area contributed by atoms with E-state index in [4.69, 9.17) is 5.73 Å². The van der Waals surface area contributed by atoms with Gasteiger partial charge in [0.15, 0.2) is 0 Å². The Kier molecular flexibility index (Phi) is 3.43. The van der Waals surface area contributed by atoms with E-state index in [9.17, 15) is 4.39 Å². The number of aryl methyl sites for hydroxylation is 1. The first kappa shape index (κ1) is 11.6. The molecule has 0 fully saturated rings. The Morgan fingerprint density at radius 2 is 1.88 bits per heavy atom. The van der Waals surface area contributed by atoms with Crippen LogP contribution in [0, 0.1) is 5.82 Å².